The van der Waals surface area contributed by atoms with Crippen LogP contribution in [0.4, 0.5) is 0 Å². The molecule has 0 saturated heterocycles. The molecule has 0 aliphatic carbocycles. The summed E-state index contributed by atoms with van der Waals surface area (Å²) in [6.45, 7) is 0. The number of benzene rings is 2. The number of phenols is 1. The average molecular weight is 327 g/mol. The van der Waals surface area contributed by atoms with E-state index in [1.165, 1.54) is 7.11 Å². The minimum atomic E-state index is -4.41. The topological polar surface area (TPSA) is 139 Å². The molecule has 0 amide bonds. The lowest BCUT2D eigenvalue weighted by molar-refractivity contribution is 0.215. The van der Waals surface area contributed by atoms with Gasteiger partial charge in [0.15, 0.2) is 0 Å². The number of aliphatic hydroxyl groups is 1. The van der Waals surface area contributed by atoms with Gasteiger partial charge in [-0.2, -0.15) is 8.42 Å². The van der Waals surface area contributed by atoms with Crippen LogP contribution in [0.3, 0.4) is 0 Å². The fourth-order valence-corrected chi connectivity index (χ4v) is 2.39. The van der Waals surface area contributed by atoms with Crippen molar-refractivity contribution in [2.24, 2.45) is 0 Å². The van der Waals surface area contributed by atoms with Crippen LogP contribution < -0.4 is 10.9 Å². The molecule has 7 nitrogen and oxygen atoms in total. The molecule has 0 fully saturated rings. The Morgan fingerprint density at radius 2 is 1.68 bits per heavy atom. The molecule has 0 bridgehead atoms. The summed E-state index contributed by atoms with van der Waals surface area (Å²) in [5.41, 5.74) is 0.425. The second-order valence-corrected chi connectivity index (χ2v) is 5.79. The van der Waals surface area contributed by atoms with Crippen LogP contribution in [0.25, 0.3) is 0 Å². The Bertz CT molecular complexity index is 742. The number of phenolic OH excluding ortho intramolecular Hbond substituents is 1. The third-order valence-electron chi connectivity index (χ3n) is 3.02. The van der Waals surface area contributed by atoms with Crippen molar-refractivity contribution >= 4 is 10.1 Å². The number of hydrogen-bond acceptors (Lipinski definition) is 6. The first kappa shape index (κ1) is 17.9. The zero-order valence-corrected chi connectivity index (χ0v) is 12.6. The third-order valence-corrected chi connectivity index (χ3v) is 3.87. The van der Waals surface area contributed by atoms with E-state index in [0.29, 0.717) is 11.3 Å². The van der Waals surface area contributed by atoms with Gasteiger partial charge in [-0.15, -0.1) is 0 Å². The Morgan fingerprint density at radius 3 is 2.18 bits per heavy atom. The Balaban J connectivity index is 0.00000242. The Morgan fingerprint density at radius 1 is 1.09 bits per heavy atom. The molecule has 1 atom stereocenters. The van der Waals surface area contributed by atoms with Crippen molar-refractivity contribution < 1.29 is 27.9 Å². The summed E-state index contributed by atoms with van der Waals surface area (Å²) < 4.78 is 36.2. The van der Waals surface area contributed by atoms with Gasteiger partial charge in [-0.1, -0.05) is 12.1 Å². The zero-order valence-electron chi connectivity index (χ0n) is 11.8. The van der Waals surface area contributed by atoms with Gasteiger partial charge < -0.3 is 21.1 Å². The number of aliphatic hydroxyl groups excluding tert-OH is 1. The maximum Gasteiger partial charge on any atom is 0.294 e. The molecule has 0 radical (unpaired) electrons. The van der Waals surface area contributed by atoms with Crippen LogP contribution in [0.2, 0.25) is 0 Å². The van der Waals surface area contributed by atoms with E-state index in [9.17, 15) is 18.6 Å². The standard InChI is InChI=1S/C14H14O6S.H3N/c1-20-10-4-2-9(3-5-10)14(16)12-8-11(21(17,18)19)6-7-13(12)15;/h2-8,14-16H,1H3,(H,17,18,19);1H3. The van der Waals surface area contributed by atoms with Gasteiger partial charge in [-0.05, 0) is 35.9 Å². The minimum absolute atomic E-state index is 0. The number of aromatic hydroxyl groups is 1. The van der Waals surface area contributed by atoms with Crippen molar-refractivity contribution in [1.82, 2.24) is 6.15 Å². The molecule has 0 heterocycles. The molecular formula is C14H17NO6S. The van der Waals surface area contributed by atoms with Crippen molar-refractivity contribution in [2.45, 2.75) is 11.0 Å². The van der Waals surface area contributed by atoms with Crippen molar-refractivity contribution in [3.8, 4) is 11.5 Å². The highest BCUT2D eigenvalue weighted by atomic mass is 32.2. The molecular weight excluding hydrogens is 310 g/mol. The van der Waals surface area contributed by atoms with Crippen molar-refractivity contribution in [3.63, 3.8) is 0 Å². The summed E-state index contributed by atoms with van der Waals surface area (Å²) in [5.74, 6) is 0.326. The highest BCUT2D eigenvalue weighted by Gasteiger charge is 2.19. The smallest absolute Gasteiger partial charge is 0.294 e. The van der Waals surface area contributed by atoms with Crippen LogP contribution in [-0.4, -0.2) is 30.3 Å². The van der Waals surface area contributed by atoms with Crippen LogP contribution >= 0.6 is 0 Å². The predicted molar refractivity (Wildman–Crippen MR) is 80.0 cm³/mol. The van der Waals surface area contributed by atoms with Gasteiger partial charge in [-0.3, -0.25) is 4.55 Å². The summed E-state index contributed by atoms with van der Waals surface area (Å²) in [7, 11) is -2.90. The molecule has 0 saturated carbocycles. The Hall–Kier alpha value is -2.13. The molecule has 2 rings (SSSR count). The molecule has 0 aliphatic rings. The molecule has 8 heteroatoms. The molecule has 22 heavy (non-hydrogen) atoms. The third kappa shape index (κ3) is 3.74. The van der Waals surface area contributed by atoms with Crippen LogP contribution in [-0.2, 0) is 10.1 Å². The highest BCUT2D eigenvalue weighted by molar-refractivity contribution is 7.85. The van der Waals surface area contributed by atoms with Gasteiger partial charge in [0, 0.05) is 5.56 Å². The van der Waals surface area contributed by atoms with Gasteiger partial charge in [0.25, 0.3) is 10.1 Å². The largest absolute Gasteiger partial charge is 0.508 e. The van der Waals surface area contributed by atoms with Crippen LogP contribution in [0.5, 0.6) is 11.5 Å². The molecule has 2 aromatic carbocycles. The van der Waals surface area contributed by atoms with E-state index in [1.807, 2.05) is 0 Å². The second kappa shape index (κ2) is 6.75. The molecule has 1 unspecified atom stereocenters. The zero-order chi connectivity index (χ0) is 15.6. The predicted octanol–water partition coefficient (Wildman–Crippen LogP) is 1.89. The molecule has 0 aliphatic heterocycles. The van der Waals surface area contributed by atoms with Gasteiger partial charge in [-0.25, -0.2) is 0 Å². The van der Waals surface area contributed by atoms with Crippen molar-refractivity contribution in [3.05, 3.63) is 53.6 Å². The number of methoxy groups -OCH3 is 1. The summed E-state index contributed by atoms with van der Waals surface area (Å²) in [5, 5.41) is 20.0. The minimum Gasteiger partial charge on any atom is -0.508 e. The average Bonchev–Trinajstić information content (AvgIpc) is 2.46. The number of ether oxygens (including phenoxy) is 1. The normalized spacial score (nSPS) is 12.3. The van der Waals surface area contributed by atoms with E-state index in [2.05, 4.69) is 0 Å². The summed E-state index contributed by atoms with van der Waals surface area (Å²) in [4.78, 5) is -0.400. The first-order valence-corrected chi connectivity index (χ1v) is 7.39. The maximum atomic E-state index is 11.1. The van der Waals surface area contributed by atoms with Crippen LogP contribution in [0.15, 0.2) is 47.4 Å². The SMILES string of the molecule is COc1ccc(C(O)c2cc(S(=O)(=O)O)ccc2O)cc1.N. The Kier molecular flexibility index (Phi) is 5.50. The summed E-state index contributed by atoms with van der Waals surface area (Å²) in [6.07, 6.45) is -1.24. The lowest BCUT2D eigenvalue weighted by atomic mass is 10.0. The lowest BCUT2D eigenvalue weighted by Gasteiger charge is -2.14. The molecule has 6 N–H and O–H groups in total. The lowest BCUT2D eigenvalue weighted by Crippen LogP contribution is -2.04. The maximum absolute atomic E-state index is 11.1. The van der Waals surface area contributed by atoms with Crippen LogP contribution in [0.1, 0.15) is 17.2 Å². The second-order valence-electron chi connectivity index (χ2n) is 4.37. The summed E-state index contributed by atoms with van der Waals surface area (Å²) in [6, 6.07) is 9.61. The van der Waals surface area contributed by atoms with Gasteiger partial charge in [0.1, 0.15) is 17.6 Å². The van der Waals surface area contributed by atoms with Crippen molar-refractivity contribution in [1.29, 1.82) is 0 Å². The van der Waals surface area contributed by atoms with Crippen molar-refractivity contribution in [2.75, 3.05) is 7.11 Å². The molecule has 0 spiro atoms. The summed E-state index contributed by atoms with van der Waals surface area (Å²) >= 11 is 0. The molecule has 2 aromatic rings. The monoisotopic (exact) mass is 327 g/mol. The van der Waals surface area contributed by atoms with E-state index in [1.54, 1.807) is 24.3 Å². The molecule has 120 valence electrons. The quantitative estimate of drug-likeness (QED) is 0.629. The Labute approximate surface area is 128 Å². The number of rotatable bonds is 4. The van der Waals surface area contributed by atoms with Crippen LogP contribution in [0, 0.1) is 0 Å². The van der Waals surface area contributed by atoms with Gasteiger partial charge in [0.05, 0.1) is 12.0 Å². The van der Waals surface area contributed by atoms with Gasteiger partial charge in [0.2, 0.25) is 0 Å². The fourth-order valence-electron chi connectivity index (χ4n) is 1.88. The highest BCUT2D eigenvalue weighted by Crippen LogP contribution is 2.31. The van der Waals surface area contributed by atoms with E-state index in [0.717, 1.165) is 18.2 Å². The molecule has 0 aromatic heterocycles. The first-order valence-electron chi connectivity index (χ1n) is 5.95. The fraction of sp³-hybridized carbons (Fsp3) is 0.143. The van der Waals surface area contributed by atoms with E-state index >= 15 is 0 Å². The van der Waals surface area contributed by atoms with E-state index in [-0.39, 0.29) is 17.5 Å². The number of hydrogen-bond donors (Lipinski definition) is 4. The first-order chi connectivity index (χ1) is 9.82. The van der Waals surface area contributed by atoms with E-state index in [4.69, 9.17) is 9.29 Å². The van der Waals surface area contributed by atoms with Gasteiger partial charge >= 0.3 is 0 Å². The van der Waals surface area contributed by atoms with E-state index < -0.39 is 21.1 Å².